The maximum absolute atomic E-state index is 9.53. The fourth-order valence-electron chi connectivity index (χ4n) is 2.19. The first-order valence-electron chi connectivity index (χ1n) is 6.12. The van der Waals surface area contributed by atoms with Crippen LogP contribution in [0.2, 0.25) is 0 Å². The summed E-state index contributed by atoms with van der Waals surface area (Å²) in [5, 5.41) is 10.7. The van der Waals surface area contributed by atoms with E-state index in [1.54, 1.807) is 11.3 Å². The molecule has 2 nitrogen and oxygen atoms in total. The molecule has 0 aliphatic rings. The van der Waals surface area contributed by atoms with Crippen LogP contribution in [0.5, 0.6) is 0 Å². The third-order valence-electron chi connectivity index (χ3n) is 3.15. The van der Waals surface area contributed by atoms with Crippen LogP contribution in [0.4, 0.5) is 0 Å². The molecule has 0 radical (unpaired) electrons. The van der Waals surface area contributed by atoms with Gasteiger partial charge in [-0.3, -0.25) is 0 Å². The van der Waals surface area contributed by atoms with Crippen molar-refractivity contribution in [2.24, 2.45) is 5.41 Å². The van der Waals surface area contributed by atoms with E-state index in [1.165, 1.54) is 4.70 Å². The topological polar surface area (TPSA) is 33.1 Å². The molecule has 1 unspecified atom stereocenters. The Morgan fingerprint density at radius 2 is 2.12 bits per heavy atom. The van der Waals surface area contributed by atoms with Gasteiger partial charge in [-0.25, -0.2) is 4.98 Å². The van der Waals surface area contributed by atoms with Gasteiger partial charge in [0.1, 0.15) is 0 Å². The number of thiazole rings is 1. The summed E-state index contributed by atoms with van der Waals surface area (Å²) in [6.07, 6.45) is 3.01. The van der Waals surface area contributed by atoms with Crippen molar-refractivity contribution in [3.05, 3.63) is 29.3 Å². The van der Waals surface area contributed by atoms with Crippen LogP contribution in [-0.4, -0.2) is 16.7 Å². The van der Waals surface area contributed by atoms with Gasteiger partial charge in [0.2, 0.25) is 0 Å². The summed E-state index contributed by atoms with van der Waals surface area (Å²) >= 11 is 1.74. The first-order chi connectivity index (χ1) is 8.17. The molecule has 2 aromatic rings. The molecular formula is C14H19NOS. The minimum absolute atomic E-state index is 0.0252. The third kappa shape index (κ3) is 2.85. The lowest BCUT2D eigenvalue weighted by atomic mass is 9.83. The molecule has 0 bridgehead atoms. The molecule has 0 aliphatic carbocycles. The summed E-state index contributed by atoms with van der Waals surface area (Å²) in [4.78, 5) is 4.64. The molecule has 92 valence electrons. The van der Waals surface area contributed by atoms with Gasteiger partial charge in [-0.05, 0) is 24.0 Å². The van der Waals surface area contributed by atoms with Gasteiger partial charge in [-0.15, -0.1) is 11.3 Å². The molecule has 1 N–H and O–H groups in total. The van der Waals surface area contributed by atoms with Gasteiger partial charge < -0.3 is 5.11 Å². The SMILES string of the molecule is CCCC(C)(CO)Cc1nc2ccccc2s1. The Kier molecular flexibility index (Phi) is 3.79. The predicted molar refractivity (Wildman–Crippen MR) is 73.4 cm³/mol. The second kappa shape index (κ2) is 5.15. The number of aliphatic hydroxyl groups is 1. The molecular weight excluding hydrogens is 230 g/mol. The molecule has 0 aliphatic heterocycles. The fourth-order valence-corrected chi connectivity index (χ4v) is 3.37. The Hall–Kier alpha value is -0.930. The van der Waals surface area contributed by atoms with E-state index in [4.69, 9.17) is 0 Å². The van der Waals surface area contributed by atoms with E-state index in [0.29, 0.717) is 0 Å². The van der Waals surface area contributed by atoms with E-state index in [0.717, 1.165) is 29.8 Å². The van der Waals surface area contributed by atoms with Gasteiger partial charge in [-0.2, -0.15) is 0 Å². The lowest BCUT2D eigenvalue weighted by molar-refractivity contribution is 0.131. The van der Waals surface area contributed by atoms with Crippen molar-refractivity contribution in [2.75, 3.05) is 6.61 Å². The van der Waals surface area contributed by atoms with Crippen LogP contribution in [0.25, 0.3) is 10.2 Å². The van der Waals surface area contributed by atoms with E-state index >= 15 is 0 Å². The highest BCUT2D eigenvalue weighted by Crippen LogP contribution is 2.31. The number of hydrogen-bond acceptors (Lipinski definition) is 3. The second-order valence-corrected chi connectivity index (χ2v) is 6.09. The van der Waals surface area contributed by atoms with Crippen LogP contribution in [0.1, 0.15) is 31.7 Å². The van der Waals surface area contributed by atoms with Crippen molar-refractivity contribution in [3.63, 3.8) is 0 Å². The van der Waals surface area contributed by atoms with Crippen molar-refractivity contribution in [1.29, 1.82) is 0 Å². The van der Waals surface area contributed by atoms with Gasteiger partial charge in [0, 0.05) is 13.0 Å². The average Bonchev–Trinajstić information content (AvgIpc) is 2.71. The van der Waals surface area contributed by atoms with E-state index in [2.05, 4.69) is 24.9 Å². The lowest BCUT2D eigenvalue weighted by Crippen LogP contribution is -2.24. The average molecular weight is 249 g/mol. The number of aromatic nitrogens is 1. The molecule has 0 amide bonds. The van der Waals surface area contributed by atoms with Gasteiger partial charge in [0.15, 0.2) is 0 Å². The quantitative estimate of drug-likeness (QED) is 0.877. The van der Waals surface area contributed by atoms with E-state index in [-0.39, 0.29) is 12.0 Å². The number of para-hydroxylation sites is 1. The fraction of sp³-hybridized carbons (Fsp3) is 0.500. The molecule has 2 rings (SSSR count). The monoisotopic (exact) mass is 249 g/mol. The summed E-state index contributed by atoms with van der Waals surface area (Å²) < 4.78 is 1.24. The molecule has 1 atom stereocenters. The molecule has 0 fully saturated rings. The van der Waals surface area contributed by atoms with E-state index in [9.17, 15) is 5.11 Å². The predicted octanol–water partition coefficient (Wildman–Crippen LogP) is 3.64. The standard InChI is InChI=1S/C14H19NOS/c1-3-8-14(2,10-16)9-13-15-11-6-4-5-7-12(11)17-13/h4-7,16H,3,8-10H2,1-2H3. The summed E-state index contributed by atoms with van der Waals surface area (Å²) in [5.41, 5.74) is 1.05. The Labute approximate surface area is 106 Å². The van der Waals surface area contributed by atoms with Crippen molar-refractivity contribution in [3.8, 4) is 0 Å². The van der Waals surface area contributed by atoms with Gasteiger partial charge >= 0.3 is 0 Å². The number of nitrogens with zero attached hydrogens (tertiary/aromatic N) is 1. The molecule has 1 heterocycles. The van der Waals surface area contributed by atoms with Crippen molar-refractivity contribution < 1.29 is 5.11 Å². The molecule has 17 heavy (non-hydrogen) atoms. The zero-order valence-electron chi connectivity index (χ0n) is 10.4. The Morgan fingerprint density at radius 1 is 1.35 bits per heavy atom. The van der Waals surface area contributed by atoms with Gasteiger partial charge in [0.25, 0.3) is 0 Å². The van der Waals surface area contributed by atoms with Crippen LogP contribution >= 0.6 is 11.3 Å². The Morgan fingerprint density at radius 3 is 2.76 bits per heavy atom. The highest BCUT2D eigenvalue weighted by Gasteiger charge is 2.24. The number of aliphatic hydroxyl groups excluding tert-OH is 1. The number of hydrogen-bond donors (Lipinski definition) is 1. The molecule has 0 spiro atoms. The normalized spacial score (nSPS) is 15.0. The third-order valence-corrected chi connectivity index (χ3v) is 4.19. The smallest absolute Gasteiger partial charge is 0.0944 e. The Balaban J connectivity index is 2.22. The van der Waals surface area contributed by atoms with Crippen LogP contribution in [-0.2, 0) is 6.42 Å². The van der Waals surface area contributed by atoms with Crippen LogP contribution in [0, 0.1) is 5.41 Å². The first kappa shape index (κ1) is 12.5. The van der Waals surface area contributed by atoms with Gasteiger partial charge in [0.05, 0.1) is 15.2 Å². The zero-order valence-corrected chi connectivity index (χ0v) is 11.3. The maximum atomic E-state index is 9.53. The van der Waals surface area contributed by atoms with E-state index in [1.807, 2.05) is 18.2 Å². The second-order valence-electron chi connectivity index (χ2n) is 4.97. The molecule has 3 heteroatoms. The minimum atomic E-state index is -0.0252. The molecule has 1 aromatic carbocycles. The summed E-state index contributed by atoms with van der Waals surface area (Å²) in [5.74, 6) is 0. The van der Waals surface area contributed by atoms with Gasteiger partial charge in [-0.1, -0.05) is 32.4 Å². The molecule has 0 saturated heterocycles. The molecule has 0 saturated carbocycles. The number of fused-ring (bicyclic) bond motifs is 1. The lowest BCUT2D eigenvalue weighted by Gasteiger charge is -2.25. The van der Waals surface area contributed by atoms with Crippen molar-refractivity contribution in [2.45, 2.75) is 33.1 Å². The highest BCUT2D eigenvalue weighted by molar-refractivity contribution is 7.18. The van der Waals surface area contributed by atoms with Crippen LogP contribution in [0.3, 0.4) is 0 Å². The Bertz CT molecular complexity index is 461. The van der Waals surface area contributed by atoms with Crippen molar-refractivity contribution >= 4 is 21.6 Å². The zero-order chi connectivity index (χ0) is 12.3. The largest absolute Gasteiger partial charge is 0.396 e. The van der Waals surface area contributed by atoms with Crippen molar-refractivity contribution in [1.82, 2.24) is 4.98 Å². The minimum Gasteiger partial charge on any atom is -0.396 e. The summed E-state index contributed by atoms with van der Waals surface area (Å²) in [6.45, 7) is 4.53. The summed E-state index contributed by atoms with van der Waals surface area (Å²) in [6, 6.07) is 8.21. The van der Waals surface area contributed by atoms with Crippen LogP contribution in [0.15, 0.2) is 24.3 Å². The number of rotatable bonds is 5. The highest BCUT2D eigenvalue weighted by atomic mass is 32.1. The summed E-state index contributed by atoms with van der Waals surface area (Å²) in [7, 11) is 0. The first-order valence-corrected chi connectivity index (χ1v) is 6.94. The molecule has 1 aromatic heterocycles. The number of benzene rings is 1. The maximum Gasteiger partial charge on any atom is 0.0944 e. The van der Waals surface area contributed by atoms with Crippen LogP contribution < -0.4 is 0 Å². The van der Waals surface area contributed by atoms with E-state index < -0.39 is 0 Å².